The standard InChI is InChI=1S/C15H19NO5/c1-4-21-14(18)15(3,11(2)17)13(10-16(19)20)12-8-6-5-7-9-12/h5-9,13H,4,10H2,1-3H3/t13-,15?/m0/s1. The van der Waals surface area contributed by atoms with Gasteiger partial charge in [0.2, 0.25) is 6.54 Å². The van der Waals surface area contributed by atoms with E-state index in [1.54, 1.807) is 37.3 Å². The van der Waals surface area contributed by atoms with Crippen molar-refractivity contribution in [2.75, 3.05) is 13.2 Å². The number of esters is 1. The van der Waals surface area contributed by atoms with E-state index < -0.39 is 34.6 Å². The van der Waals surface area contributed by atoms with Crippen molar-refractivity contribution in [3.63, 3.8) is 0 Å². The van der Waals surface area contributed by atoms with Crippen LogP contribution in [0.2, 0.25) is 0 Å². The second kappa shape index (κ2) is 6.97. The van der Waals surface area contributed by atoms with Gasteiger partial charge in [0.25, 0.3) is 0 Å². The summed E-state index contributed by atoms with van der Waals surface area (Å²) >= 11 is 0. The Bertz CT molecular complexity index is 528. The van der Waals surface area contributed by atoms with Gasteiger partial charge in [-0.05, 0) is 26.3 Å². The van der Waals surface area contributed by atoms with Crippen molar-refractivity contribution in [1.29, 1.82) is 0 Å². The molecule has 2 atom stereocenters. The minimum atomic E-state index is -1.58. The van der Waals surface area contributed by atoms with E-state index in [0.29, 0.717) is 5.56 Å². The Hall–Kier alpha value is -2.24. The number of carbonyl (C=O) groups excluding carboxylic acids is 2. The summed E-state index contributed by atoms with van der Waals surface area (Å²) in [6.07, 6.45) is 0. The van der Waals surface area contributed by atoms with Crippen molar-refractivity contribution in [3.8, 4) is 0 Å². The fourth-order valence-corrected chi connectivity index (χ4v) is 2.27. The Kier molecular flexibility index (Phi) is 5.58. The molecule has 0 aromatic heterocycles. The van der Waals surface area contributed by atoms with E-state index in [4.69, 9.17) is 4.74 Å². The van der Waals surface area contributed by atoms with Crippen molar-refractivity contribution >= 4 is 11.8 Å². The van der Waals surface area contributed by atoms with Crippen LogP contribution in [0.4, 0.5) is 0 Å². The van der Waals surface area contributed by atoms with Gasteiger partial charge in [-0.15, -0.1) is 0 Å². The van der Waals surface area contributed by atoms with Gasteiger partial charge in [0.1, 0.15) is 11.2 Å². The molecule has 0 aliphatic carbocycles. The highest BCUT2D eigenvalue weighted by Gasteiger charge is 2.50. The largest absolute Gasteiger partial charge is 0.465 e. The number of hydrogen-bond acceptors (Lipinski definition) is 5. The summed E-state index contributed by atoms with van der Waals surface area (Å²) in [5, 5.41) is 11.0. The lowest BCUT2D eigenvalue weighted by Gasteiger charge is -2.31. The van der Waals surface area contributed by atoms with Gasteiger partial charge >= 0.3 is 5.97 Å². The molecule has 0 aliphatic rings. The monoisotopic (exact) mass is 293 g/mol. The van der Waals surface area contributed by atoms with Crippen molar-refractivity contribution in [3.05, 3.63) is 46.0 Å². The molecular weight excluding hydrogens is 274 g/mol. The van der Waals surface area contributed by atoms with Crippen LogP contribution in [-0.2, 0) is 14.3 Å². The van der Waals surface area contributed by atoms with E-state index in [9.17, 15) is 19.7 Å². The summed E-state index contributed by atoms with van der Waals surface area (Å²) in [6, 6.07) is 8.55. The van der Waals surface area contributed by atoms with Crippen LogP contribution >= 0.6 is 0 Å². The zero-order valence-electron chi connectivity index (χ0n) is 12.4. The topological polar surface area (TPSA) is 86.5 Å². The fraction of sp³-hybridized carbons (Fsp3) is 0.467. The zero-order valence-corrected chi connectivity index (χ0v) is 12.4. The smallest absolute Gasteiger partial charge is 0.320 e. The molecule has 1 aromatic carbocycles. The maximum Gasteiger partial charge on any atom is 0.320 e. The summed E-state index contributed by atoms with van der Waals surface area (Å²) in [4.78, 5) is 34.8. The summed E-state index contributed by atoms with van der Waals surface area (Å²) < 4.78 is 4.97. The van der Waals surface area contributed by atoms with Gasteiger partial charge in [-0.3, -0.25) is 19.7 Å². The highest BCUT2D eigenvalue weighted by molar-refractivity contribution is 6.03. The molecule has 0 N–H and O–H groups in total. The van der Waals surface area contributed by atoms with Gasteiger partial charge in [0.15, 0.2) is 0 Å². The Morgan fingerprint density at radius 2 is 1.90 bits per heavy atom. The maximum absolute atomic E-state index is 12.2. The number of nitro groups is 1. The van der Waals surface area contributed by atoms with Crippen LogP contribution in [-0.4, -0.2) is 29.8 Å². The third-order valence-electron chi connectivity index (χ3n) is 3.66. The number of rotatable bonds is 7. The number of ether oxygens (including phenoxy) is 1. The second-order valence-corrected chi connectivity index (χ2v) is 4.96. The molecule has 0 saturated heterocycles. The average molecular weight is 293 g/mol. The zero-order chi connectivity index (χ0) is 16.0. The van der Waals surface area contributed by atoms with Gasteiger partial charge in [-0.1, -0.05) is 30.3 Å². The summed E-state index contributed by atoms with van der Waals surface area (Å²) in [5.74, 6) is -2.05. The Morgan fingerprint density at radius 3 is 2.33 bits per heavy atom. The molecule has 0 saturated carbocycles. The quantitative estimate of drug-likeness (QED) is 0.333. The lowest BCUT2D eigenvalue weighted by atomic mass is 9.70. The molecule has 0 spiro atoms. The van der Waals surface area contributed by atoms with Crippen molar-refractivity contribution in [2.45, 2.75) is 26.7 Å². The first-order valence-electron chi connectivity index (χ1n) is 6.69. The van der Waals surface area contributed by atoms with Crippen molar-refractivity contribution < 1.29 is 19.2 Å². The summed E-state index contributed by atoms with van der Waals surface area (Å²) in [5.41, 5.74) is -1.01. The van der Waals surface area contributed by atoms with Gasteiger partial charge in [0, 0.05) is 4.92 Å². The first-order valence-corrected chi connectivity index (χ1v) is 6.69. The van der Waals surface area contributed by atoms with E-state index in [0.717, 1.165) is 0 Å². The molecule has 0 aliphatic heterocycles. The SMILES string of the molecule is CCOC(=O)C(C)(C(C)=O)[C@@H](C[N+](=O)[O-])c1ccccc1. The first-order chi connectivity index (χ1) is 9.83. The van der Waals surface area contributed by atoms with E-state index in [1.165, 1.54) is 13.8 Å². The molecule has 114 valence electrons. The Morgan fingerprint density at radius 1 is 1.33 bits per heavy atom. The molecule has 0 amide bonds. The van der Waals surface area contributed by atoms with Gasteiger partial charge in [0.05, 0.1) is 12.5 Å². The van der Waals surface area contributed by atoms with Gasteiger partial charge < -0.3 is 4.74 Å². The van der Waals surface area contributed by atoms with Gasteiger partial charge in [-0.25, -0.2) is 0 Å². The number of ketones is 1. The number of benzene rings is 1. The van der Waals surface area contributed by atoms with Crippen LogP contribution in [0, 0.1) is 15.5 Å². The highest BCUT2D eigenvalue weighted by Crippen LogP contribution is 2.38. The lowest BCUT2D eigenvalue weighted by molar-refractivity contribution is -0.485. The number of hydrogen-bond donors (Lipinski definition) is 0. The van der Waals surface area contributed by atoms with Crippen LogP contribution in [0.1, 0.15) is 32.3 Å². The summed E-state index contributed by atoms with van der Waals surface area (Å²) in [7, 11) is 0. The van der Waals surface area contributed by atoms with E-state index in [1.807, 2.05) is 0 Å². The lowest BCUT2D eigenvalue weighted by Crippen LogP contribution is -2.44. The molecule has 0 radical (unpaired) electrons. The third kappa shape index (κ3) is 3.65. The Balaban J connectivity index is 3.34. The van der Waals surface area contributed by atoms with E-state index in [-0.39, 0.29) is 6.61 Å². The molecular formula is C15H19NO5. The number of Topliss-reactive ketones (excluding diaryl/α,β-unsaturated/α-hetero) is 1. The number of carbonyl (C=O) groups is 2. The van der Waals surface area contributed by atoms with Crippen LogP contribution in [0.25, 0.3) is 0 Å². The molecule has 0 bridgehead atoms. The minimum absolute atomic E-state index is 0.113. The molecule has 0 heterocycles. The molecule has 6 nitrogen and oxygen atoms in total. The first kappa shape index (κ1) is 16.8. The molecule has 1 unspecified atom stereocenters. The maximum atomic E-state index is 12.2. The van der Waals surface area contributed by atoms with E-state index >= 15 is 0 Å². The molecule has 21 heavy (non-hydrogen) atoms. The van der Waals surface area contributed by atoms with Crippen LogP contribution in [0.15, 0.2) is 30.3 Å². The number of nitrogens with zero attached hydrogens (tertiary/aromatic N) is 1. The van der Waals surface area contributed by atoms with Crippen LogP contribution in [0.3, 0.4) is 0 Å². The summed E-state index contributed by atoms with van der Waals surface area (Å²) in [6.45, 7) is 3.89. The Labute approximate surface area is 123 Å². The predicted octanol–water partition coefficient (Wildman–Crippen LogP) is 2.21. The predicted molar refractivity (Wildman–Crippen MR) is 76.5 cm³/mol. The molecule has 1 rings (SSSR count). The third-order valence-corrected chi connectivity index (χ3v) is 3.66. The van der Waals surface area contributed by atoms with Crippen LogP contribution < -0.4 is 0 Å². The molecule has 6 heteroatoms. The van der Waals surface area contributed by atoms with Crippen molar-refractivity contribution in [2.24, 2.45) is 5.41 Å². The highest BCUT2D eigenvalue weighted by atomic mass is 16.6. The fourth-order valence-electron chi connectivity index (χ4n) is 2.27. The van der Waals surface area contributed by atoms with Crippen LogP contribution in [0.5, 0.6) is 0 Å². The normalized spacial score (nSPS) is 14.8. The molecule has 1 aromatic rings. The van der Waals surface area contributed by atoms with Gasteiger partial charge in [-0.2, -0.15) is 0 Å². The average Bonchev–Trinajstić information content (AvgIpc) is 2.44. The second-order valence-electron chi connectivity index (χ2n) is 4.96. The minimum Gasteiger partial charge on any atom is -0.465 e. The van der Waals surface area contributed by atoms with E-state index in [2.05, 4.69) is 0 Å². The molecule has 0 fully saturated rings. The van der Waals surface area contributed by atoms with Crippen molar-refractivity contribution in [1.82, 2.24) is 0 Å².